The van der Waals surface area contributed by atoms with E-state index >= 15 is 0 Å². The van der Waals surface area contributed by atoms with E-state index < -0.39 is 18.2 Å². The third-order valence-corrected chi connectivity index (χ3v) is 5.24. The van der Waals surface area contributed by atoms with E-state index in [-0.39, 0.29) is 18.1 Å². The van der Waals surface area contributed by atoms with Gasteiger partial charge in [0.1, 0.15) is 5.75 Å². The minimum atomic E-state index is -4.78. The number of nitrogens with zero attached hydrogens (tertiary/aromatic N) is 1. The van der Waals surface area contributed by atoms with Crippen LogP contribution >= 0.6 is 0 Å². The van der Waals surface area contributed by atoms with Crippen molar-refractivity contribution >= 4 is 17.6 Å². The van der Waals surface area contributed by atoms with Crippen molar-refractivity contribution in [1.29, 1.82) is 0 Å². The molecule has 0 fully saturated rings. The molecule has 1 heterocycles. The Morgan fingerprint density at radius 2 is 1.62 bits per heavy atom. The number of anilines is 1. The molecule has 0 bridgehead atoms. The SMILES string of the molecule is O=C(O)CC1C(=O)N(Cc2ccccc2)c2ccc(-c3ccc(OC(F)(F)F)cc3)cc21. The third-order valence-electron chi connectivity index (χ3n) is 5.24. The van der Waals surface area contributed by atoms with Gasteiger partial charge in [-0.3, -0.25) is 9.59 Å². The molecule has 1 atom stereocenters. The van der Waals surface area contributed by atoms with Crippen LogP contribution in [0.25, 0.3) is 11.1 Å². The zero-order valence-corrected chi connectivity index (χ0v) is 16.7. The molecule has 0 spiro atoms. The Morgan fingerprint density at radius 3 is 2.25 bits per heavy atom. The van der Waals surface area contributed by atoms with E-state index in [0.29, 0.717) is 28.9 Å². The molecular formula is C24H18F3NO4. The van der Waals surface area contributed by atoms with E-state index in [9.17, 15) is 27.9 Å². The van der Waals surface area contributed by atoms with E-state index in [1.54, 1.807) is 23.1 Å². The predicted molar refractivity (Wildman–Crippen MR) is 111 cm³/mol. The van der Waals surface area contributed by atoms with Crippen molar-refractivity contribution in [2.45, 2.75) is 25.2 Å². The first-order valence-corrected chi connectivity index (χ1v) is 9.78. The summed E-state index contributed by atoms with van der Waals surface area (Å²) in [6, 6.07) is 20.0. The molecule has 1 aliphatic rings. The molecule has 0 radical (unpaired) electrons. The van der Waals surface area contributed by atoms with Gasteiger partial charge in [-0.15, -0.1) is 13.2 Å². The maximum absolute atomic E-state index is 13.1. The standard InChI is InChI=1S/C24H18F3NO4/c25-24(26,27)32-18-9-6-16(7-10-18)17-8-11-21-19(12-17)20(13-22(29)30)23(31)28(21)14-15-4-2-1-3-5-15/h1-12,20H,13-14H2,(H,29,30). The van der Waals surface area contributed by atoms with Gasteiger partial charge in [0.2, 0.25) is 5.91 Å². The number of halogens is 3. The van der Waals surface area contributed by atoms with Crippen LogP contribution in [0.2, 0.25) is 0 Å². The fraction of sp³-hybridized carbons (Fsp3) is 0.167. The number of benzene rings is 3. The van der Waals surface area contributed by atoms with Crippen molar-refractivity contribution in [3.05, 3.63) is 83.9 Å². The molecule has 1 amide bonds. The molecule has 1 unspecified atom stereocenters. The molecule has 0 saturated heterocycles. The summed E-state index contributed by atoms with van der Waals surface area (Å²) in [4.78, 5) is 26.0. The lowest BCUT2D eigenvalue weighted by molar-refractivity contribution is -0.274. The van der Waals surface area contributed by atoms with Crippen LogP contribution in [0.1, 0.15) is 23.5 Å². The highest BCUT2D eigenvalue weighted by molar-refractivity contribution is 6.06. The number of carbonyl (C=O) groups excluding carboxylic acids is 1. The summed E-state index contributed by atoms with van der Waals surface area (Å²) in [5.74, 6) is -2.55. The second-order valence-corrected chi connectivity index (χ2v) is 7.41. The normalized spacial score (nSPS) is 15.5. The summed E-state index contributed by atoms with van der Waals surface area (Å²) < 4.78 is 41.1. The molecule has 5 nitrogen and oxygen atoms in total. The largest absolute Gasteiger partial charge is 0.573 e. The summed E-state index contributed by atoms with van der Waals surface area (Å²) in [5.41, 5.74) is 3.40. The molecule has 0 aromatic heterocycles. The summed E-state index contributed by atoms with van der Waals surface area (Å²) in [5, 5.41) is 9.33. The Morgan fingerprint density at radius 1 is 0.969 bits per heavy atom. The lowest BCUT2D eigenvalue weighted by Crippen LogP contribution is -2.29. The number of fused-ring (bicyclic) bond motifs is 1. The Hall–Kier alpha value is -3.81. The van der Waals surface area contributed by atoms with Gasteiger partial charge in [-0.2, -0.15) is 0 Å². The molecule has 3 aromatic carbocycles. The van der Waals surface area contributed by atoms with Crippen LogP contribution in [-0.2, 0) is 16.1 Å². The quantitative estimate of drug-likeness (QED) is 0.560. The van der Waals surface area contributed by atoms with Crippen molar-refractivity contribution in [2.24, 2.45) is 0 Å². The van der Waals surface area contributed by atoms with Gasteiger partial charge in [-0.25, -0.2) is 0 Å². The minimum Gasteiger partial charge on any atom is -0.481 e. The van der Waals surface area contributed by atoms with E-state index in [4.69, 9.17) is 0 Å². The smallest absolute Gasteiger partial charge is 0.481 e. The van der Waals surface area contributed by atoms with E-state index in [2.05, 4.69) is 4.74 Å². The number of alkyl halides is 3. The highest BCUT2D eigenvalue weighted by atomic mass is 19.4. The molecular weight excluding hydrogens is 423 g/mol. The number of carboxylic acid groups (broad SMARTS) is 1. The number of ether oxygens (including phenoxy) is 1. The van der Waals surface area contributed by atoms with Crippen LogP contribution in [0.5, 0.6) is 5.75 Å². The lowest BCUT2D eigenvalue weighted by atomic mass is 9.94. The topological polar surface area (TPSA) is 66.8 Å². The number of amides is 1. The van der Waals surface area contributed by atoms with Crippen molar-refractivity contribution in [3.8, 4) is 16.9 Å². The van der Waals surface area contributed by atoms with Gasteiger partial charge in [0.05, 0.1) is 18.9 Å². The molecule has 4 rings (SSSR count). The van der Waals surface area contributed by atoms with Gasteiger partial charge in [0.25, 0.3) is 0 Å². The molecule has 164 valence electrons. The van der Waals surface area contributed by atoms with Gasteiger partial charge in [0.15, 0.2) is 0 Å². The van der Waals surface area contributed by atoms with Crippen LogP contribution in [0.15, 0.2) is 72.8 Å². The summed E-state index contributed by atoms with van der Waals surface area (Å²) >= 11 is 0. The first kappa shape index (κ1) is 21.4. The van der Waals surface area contributed by atoms with E-state index in [0.717, 1.165) is 5.56 Å². The van der Waals surface area contributed by atoms with Crippen molar-refractivity contribution in [1.82, 2.24) is 0 Å². The summed E-state index contributed by atoms with van der Waals surface area (Å²) in [7, 11) is 0. The van der Waals surface area contributed by atoms with E-state index in [1.165, 1.54) is 24.3 Å². The van der Waals surface area contributed by atoms with Crippen LogP contribution < -0.4 is 9.64 Å². The van der Waals surface area contributed by atoms with Crippen LogP contribution in [0.4, 0.5) is 18.9 Å². The number of hydrogen-bond donors (Lipinski definition) is 1. The second-order valence-electron chi connectivity index (χ2n) is 7.41. The first-order valence-electron chi connectivity index (χ1n) is 9.78. The Bertz CT molecular complexity index is 1140. The number of carboxylic acids is 1. The first-order chi connectivity index (χ1) is 15.2. The Kier molecular flexibility index (Phi) is 5.61. The van der Waals surface area contributed by atoms with Crippen molar-refractivity contribution < 1.29 is 32.6 Å². The molecule has 1 N–H and O–H groups in total. The van der Waals surface area contributed by atoms with Gasteiger partial charge in [0, 0.05) is 5.69 Å². The fourth-order valence-corrected chi connectivity index (χ4v) is 3.85. The number of carbonyl (C=O) groups is 2. The molecule has 0 saturated carbocycles. The summed E-state index contributed by atoms with van der Waals surface area (Å²) in [6.45, 7) is 0.311. The predicted octanol–water partition coefficient (Wildman–Crippen LogP) is 5.36. The van der Waals surface area contributed by atoms with Crippen LogP contribution in [0, 0.1) is 0 Å². The molecule has 1 aliphatic heterocycles. The Labute approximate surface area is 181 Å². The molecule has 3 aromatic rings. The van der Waals surface area contributed by atoms with Crippen LogP contribution in [0.3, 0.4) is 0 Å². The Balaban J connectivity index is 1.67. The van der Waals surface area contributed by atoms with Gasteiger partial charge >= 0.3 is 12.3 Å². The number of hydrogen-bond acceptors (Lipinski definition) is 3. The highest BCUT2D eigenvalue weighted by Gasteiger charge is 2.38. The minimum absolute atomic E-state index is 0.294. The number of aliphatic carboxylic acids is 1. The average molecular weight is 441 g/mol. The fourth-order valence-electron chi connectivity index (χ4n) is 3.85. The second kappa shape index (κ2) is 8.37. The zero-order valence-electron chi connectivity index (χ0n) is 16.7. The van der Waals surface area contributed by atoms with Gasteiger partial charge in [-0.1, -0.05) is 48.5 Å². The molecule has 32 heavy (non-hydrogen) atoms. The van der Waals surface area contributed by atoms with Crippen LogP contribution in [-0.4, -0.2) is 23.3 Å². The van der Waals surface area contributed by atoms with Crippen molar-refractivity contribution in [2.75, 3.05) is 4.90 Å². The van der Waals surface area contributed by atoms with Crippen molar-refractivity contribution in [3.63, 3.8) is 0 Å². The third kappa shape index (κ3) is 4.59. The highest BCUT2D eigenvalue weighted by Crippen LogP contribution is 2.42. The maximum atomic E-state index is 13.1. The summed E-state index contributed by atoms with van der Waals surface area (Å²) in [6.07, 6.45) is -5.12. The molecule has 8 heteroatoms. The molecule has 0 aliphatic carbocycles. The monoisotopic (exact) mass is 441 g/mol. The maximum Gasteiger partial charge on any atom is 0.573 e. The van der Waals surface area contributed by atoms with E-state index in [1.807, 2.05) is 30.3 Å². The van der Waals surface area contributed by atoms with Gasteiger partial charge in [-0.05, 0) is 46.5 Å². The lowest BCUT2D eigenvalue weighted by Gasteiger charge is -2.18. The van der Waals surface area contributed by atoms with Gasteiger partial charge < -0.3 is 14.7 Å². The average Bonchev–Trinajstić information content (AvgIpc) is 2.99. The number of rotatable bonds is 6. The zero-order chi connectivity index (χ0) is 22.9.